The van der Waals surface area contributed by atoms with E-state index >= 15 is 0 Å². The Hall–Kier alpha value is -1.99. The molecule has 7 heteroatoms. The van der Waals surface area contributed by atoms with Gasteiger partial charge in [-0.2, -0.15) is 0 Å². The molecule has 0 aromatic heterocycles. The summed E-state index contributed by atoms with van der Waals surface area (Å²) in [6.45, 7) is 4.59. The molecular weight excluding hydrogens is 264 g/mol. The van der Waals surface area contributed by atoms with E-state index in [9.17, 15) is 15.3 Å². The SMILES string of the molecule is C/C(=N\O)c1cc(CN2CCOCC2)c(O)c(O)c1O. The van der Waals surface area contributed by atoms with Crippen molar-refractivity contribution in [1.82, 2.24) is 4.90 Å². The molecule has 1 heterocycles. The maximum atomic E-state index is 9.92. The monoisotopic (exact) mass is 282 g/mol. The van der Waals surface area contributed by atoms with E-state index < -0.39 is 11.5 Å². The number of aromatic hydroxyl groups is 3. The zero-order valence-corrected chi connectivity index (χ0v) is 11.2. The lowest BCUT2D eigenvalue weighted by atomic mass is 10.0. The number of oxime groups is 1. The van der Waals surface area contributed by atoms with Crippen LogP contribution in [0.15, 0.2) is 11.2 Å². The summed E-state index contributed by atoms with van der Waals surface area (Å²) >= 11 is 0. The van der Waals surface area contributed by atoms with E-state index in [0.29, 0.717) is 25.3 Å². The Morgan fingerprint density at radius 1 is 1.20 bits per heavy atom. The van der Waals surface area contributed by atoms with Gasteiger partial charge in [-0.05, 0) is 13.0 Å². The number of nitrogens with zero attached hydrogens (tertiary/aromatic N) is 2. The van der Waals surface area contributed by atoms with Crippen LogP contribution in [-0.4, -0.2) is 57.4 Å². The minimum Gasteiger partial charge on any atom is -0.504 e. The van der Waals surface area contributed by atoms with Crippen molar-refractivity contribution in [2.75, 3.05) is 26.3 Å². The summed E-state index contributed by atoms with van der Waals surface area (Å²) in [5.41, 5.74) is 0.798. The van der Waals surface area contributed by atoms with Crippen molar-refractivity contribution in [2.45, 2.75) is 13.5 Å². The van der Waals surface area contributed by atoms with Gasteiger partial charge in [-0.25, -0.2) is 0 Å². The van der Waals surface area contributed by atoms with E-state index in [1.165, 1.54) is 13.0 Å². The highest BCUT2D eigenvalue weighted by molar-refractivity contribution is 6.02. The van der Waals surface area contributed by atoms with Crippen molar-refractivity contribution < 1.29 is 25.3 Å². The number of morpholine rings is 1. The fourth-order valence-corrected chi connectivity index (χ4v) is 2.15. The lowest BCUT2D eigenvalue weighted by molar-refractivity contribution is 0.0338. The molecular formula is C13H18N2O5. The predicted octanol–water partition coefficient (Wildman–Crippen LogP) is 0.834. The Morgan fingerprint density at radius 2 is 1.85 bits per heavy atom. The summed E-state index contributed by atoms with van der Waals surface area (Å²) in [4.78, 5) is 2.06. The van der Waals surface area contributed by atoms with Gasteiger partial charge in [0.1, 0.15) is 0 Å². The molecule has 0 spiro atoms. The molecule has 0 saturated carbocycles. The Bertz CT molecular complexity index is 524. The number of phenolic OH excluding ortho intramolecular Hbond substituents is 3. The third-order valence-corrected chi connectivity index (χ3v) is 3.36. The fraction of sp³-hybridized carbons (Fsp3) is 0.462. The summed E-state index contributed by atoms with van der Waals surface area (Å²) in [5.74, 6) is -1.46. The molecule has 1 aliphatic rings. The van der Waals surface area contributed by atoms with Gasteiger partial charge >= 0.3 is 0 Å². The van der Waals surface area contributed by atoms with Gasteiger partial charge < -0.3 is 25.3 Å². The number of hydrogen-bond acceptors (Lipinski definition) is 7. The van der Waals surface area contributed by atoms with Crippen LogP contribution >= 0.6 is 0 Å². The van der Waals surface area contributed by atoms with Crippen molar-refractivity contribution in [3.05, 3.63) is 17.2 Å². The first-order valence-electron chi connectivity index (χ1n) is 6.30. The van der Waals surface area contributed by atoms with E-state index in [0.717, 1.165) is 13.1 Å². The molecule has 1 aliphatic heterocycles. The van der Waals surface area contributed by atoms with E-state index in [1.807, 2.05) is 0 Å². The Morgan fingerprint density at radius 3 is 2.45 bits per heavy atom. The average Bonchev–Trinajstić information content (AvgIpc) is 2.48. The van der Waals surface area contributed by atoms with Crippen LogP contribution in [0.5, 0.6) is 17.2 Å². The minimum absolute atomic E-state index is 0.154. The highest BCUT2D eigenvalue weighted by atomic mass is 16.5. The van der Waals surface area contributed by atoms with Crippen LogP contribution in [0.2, 0.25) is 0 Å². The van der Waals surface area contributed by atoms with Crippen molar-refractivity contribution in [1.29, 1.82) is 0 Å². The number of rotatable bonds is 3. The lowest BCUT2D eigenvalue weighted by Gasteiger charge is -2.27. The van der Waals surface area contributed by atoms with E-state index in [1.54, 1.807) is 0 Å². The first-order chi connectivity index (χ1) is 9.54. The molecule has 2 rings (SSSR count). The molecule has 0 amide bonds. The lowest BCUT2D eigenvalue weighted by Crippen LogP contribution is -2.35. The third-order valence-electron chi connectivity index (χ3n) is 3.36. The molecule has 1 aromatic rings. The number of benzene rings is 1. The third kappa shape index (κ3) is 2.78. The standard InChI is InChI=1S/C13H18N2O5/c1-8(14-19)10-6-9(11(16)13(18)12(10)17)7-15-2-4-20-5-3-15/h6,16-19H,2-5,7H2,1H3/b14-8+. The van der Waals surface area contributed by atoms with E-state index in [4.69, 9.17) is 9.94 Å². The van der Waals surface area contributed by atoms with Crippen molar-refractivity contribution >= 4 is 5.71 Å². The molecule has 1 saturated heterocycles. The van der Waals surface area contributed by atoms with Gasteiger partial charge in [0.05, 0.1) is 18.9 Å². The quantitative estimate of drug-likeness (QED) is 0.283. The predicted molar refractivity (Wildman–Crippen MR) is 71.5 cm³/mol. The summed E-state index contributed by atoms with van der Waals surface area (Å²) in [6.07, 6.45) is 0. The second-order valence-electron chi connectivity index (χ2n) is 4.70. The molecule has 110 valence electrons. The molecule has 4 N–H and O–H groups in total. The maximum absolute atomic E-state index is 9.92. The summed E-state index contributed by atoms with van der Waals surface area (Å²) in [7, 11) is 0. The number of ether oxygens (including phenoxy) is 1. The van der Waals surface area contributed by atoms with Crippen molar-refractivity contribution in [2.24, 2.45) is 5.16 Å². The first kappa shape index (κ1) is 14.4. The summed E-state index contributed by atoms with van der Waals surface area (Å²) in [5, 5.41) is 41.3. The Kier molecular flexibility index (Phi) is 4.31. The topological polar surface area (TPSA) is 106 Å². The van der Waals surface area contributed by atoms with Crippen molar-refractivity contribution in [3.8, 4) is 17.2 Å². The molecule has 1 aromatic carbocycles. The second-order valence-corrected chi connectivity index (χ2v) is 4.70. The molecule has 1 fully saturated rings. The van der Waals surface area contributed by atoms with Crippen LogP contribution in [0.1, 0.15) is 18.1 Å². The average molecular weight is 282 g/mol. The molecule has 0 aliphatic carbocycles. The normalized spacial score (nSPS) is 17.4. The van der Waals surface area contributed by atoms with Crippen LogP contribution in [0.3, 0.4) is 0 Å². The Balaban J connectivity index is 2.34. The largest absolute Gasteiger partial charge is 0.504 e. The number of hydrogen-bond donors (Lipinski definition) is 4. The molecule has 0 unspecified atom stereocenters. The fourth-order valence-electron chi connectivity index (χ4n) is 2.15. The minimum atomic E-state index is -0.603. The summed E-state index contributed by atoms with van der Waals surface area (Å²) in [6, 6.07) is 1.51. The van der Waals surface area contributed by atoms with Gasteiger partial charge in [-0.3, -0.25) is 4.90 Å². The van der Waals surface area contributed by atoms with E-state index in [-0.39, 0.29) is 17.0 Å². The van der Waals surface area contributed by atoms with Crippen LogP contribution in [0.4, 0.5) is 0 Å². The zero-order chi connectivity index (χ0) is 14.7. The highest BCUT2D eigenvalue weighted by Gasteiger charge is 2.20. The zero-order valence-electron chi connectivity index (χ0n) is 11.2. The van der Waals surface area contributed by atoms with Gasteiger partial charge in [0, 0.05) is 30.8 Å². The maximum Gasteiger partial charge on any atom is 0.201 e. The van der Waals surface area contributed by atoms with Gasteiger partial charge in [0.2, 0.25) is 5.75 Å². The van der Waals surface area contributed by atoms with Gasteiger partial charge in [0.15, 0.2) is 11.5 Å². The van der Waals surface area contributed by atoms with Gasteiger partial charge in [-0.1, -0.05) is 5.16 Å². The van der Waals surface area contributed by atoms with Crippen LogP contribution in [0, 0.1) is 0 Å². The van der Waals surface area contributed by atoms with Gasteiger partial charge in [0.25, 0.3) is 0 Å². The molecule has 0 radical (unpaired) electrons. The summed E-state index contributed by atoms with van der Waals surface area (Å²) < 4.78 is 5.24. The van der Waals surface area contributed by atoms with Crippen molar-refractivity contribution in [3.63, 3.8) is 0 Å². The van der Waals surface area contributed by atoms with Gasteiger partial charge in [-0.15, -0.1) is 0 Å². The van der Waals surface area contributed by atoms with Crippen LogP contribution in [-0.2, 0) is 11.3 Å². The van der Waals surface area contributed by atoms with Crippen LogP contribution < -0.4 is 0 Å². The van der Waals surface area contributed by atoms with Crippen LogP contribution in [0.25, 0.3) is 0 Å². The molecule has 0 atom stereocenters. The number of phenols is 3. The smallest absolute Gasteiger partial charge is 0.201 e. The molecule has 7 nitrogen and oxygen atoms in total. The Labute approximate surface area is 116 Å². The first-order valence-corrected chi connectivity index (χ1v) is 6.30. The molecule has 20 heavy (non-hydrogen) atoms. The molecule has 0 bridgehead atoms. The van der Waals surface area contributed by atoms with E-state index in [2.05, 4.69) is 10.1 Å². The second kappa shape index (κ2) is 5.98. The highest BCUT2D eigenvalue weighted by Crippen LogP contribution is 2.41.